The fourth-order valence-corrected chi connectivity index (χ4v) is 2.50. The maximum Gasteiger partial charge on any atom is 0.320 e. The van der Waals surface area contributed by atoms with E-state index in [4.69, 9.17) is 18.9 Å². The van der Waals surface area contributed by atoms with E-state index in [0.29, 0.717) is 11.5 Å². The predicted octanol–water partition coefficient (Wildman–Crippen LogP) is 2.20. The van der Waals surface area contributed by atoms with Gasteiger partial charge in [-0.15, -0.1) is 0 Å². The van der Waals surface area contributed by atoms with E-state index >= 15 is 0 Å². The summed E-state index contributed by atoms with van der Waals surface area (Å²) < 4.78 is 21.6. The Morgan fingerprint density at radius 3 is 2.26 bits per heavy atom. The van der Waals surface area contributed by atoms with Crippen molar-refractivity contribution in [1.29, 1.82) is 0 Å². The van der Waals surface area contributed by atoms with Gasteiger partial charge >= 0.3 is 11.9 Å². The Hall–Kier alpha value is -2.24. The van der Waals surface area contributed by atoms with Gasteiger partial charge in [0, 0.05) is 5.92 Å². The first-order valence-electron chi connectivity index (χ1n) is 7.80. The van der Waals surface area contributed by atoms with Gasteiger partial charge < -0.3 is 18.9 Å². The van der Waals surface area contributed by atoms with Crippen molar-refractivity contribution in [3.8, 4) is 11.5 Å². The third kappa shape index (κ3) is 3.94. The molecule has 2 rings (SSSR count). The van der Waals surface area contributed by atoms with Crippen molar-refractivity contribution >= 4 is 11.9 Å². The van der Waals surface area contributed by atoms with Gasteiger partial charge in [0.2, 0.25) is 0 Å². The van der Waals surface area contributed by atoms with Gasteiger partial charge in [0.25, 0.3) is 0 Å². The normalized spacial score (nSPS) is 17.5. The zero-order valence-electron chi connectivity index (χ0n) is 13.6. The molecule has 6 heteroatoms. The summed E-state index contributed by atoms with van der Waals surface area (Å²) in [6.45, 7) is 5.81. The smallest absolute Gasteiger partial charge is 0.320 e. The second-order valence-electron chi connectivity index (χ2n) is 5.25. The molecule has 2 unspecified atom stereocenters. The molecule has 0 saturated heterocycles. The number of hydrogen-bond donors (Lipinski definition) is 0. The van der Waals surface area contributed by atoms with Crippen LogP contribution in [0.1, 0.15) is 20.8 Å². The summed E-state index contributed by atoms with van der Waals surface area (Å²) in [4.78, 5) is 24.3. The molecule has 1 aromatic carbocycles. The predicted molar refractivity (Wildman–Crippen MR) is 82.3 cm³/mol. The standard InChI is InChI=1S/C17H22O6/c1-4-20-16(18)15(17(19)21-5-2)11(3)14-10-22-12-8-6-7-9-13(12)23-14/h6-9,11,14-15H,4-5,10H2,1-3H3. The minimum absolute atomic E-state index is 0.201. The van der Waals surface area contributed by atoms with Gasteiger partial charge in [-0.05, 0) is 26.0 Å². The van der Waals surface area contributed by atoms with Gasteiger partial charge in [-0.25, -0.2) is 0 Å². The largest absolute Gasteiger partial charge is 0.486 e. The quantitative estimate of drug-likeness (QED) is 0.591. The molecule has 0 aromatic heterocycles. The van der Waals surface area contributed by atoms with Crippen molar-refractivity contribution in [2.24, 2.45) is 11.8 Å². The number of hydrogen-bond acceptors (Lipinski definition) is 6. The summed E-state index contributed by atoms with van der Waals surface area (Å²) in [7, 11) is 0. The average molecular weight is 322 g/mol. The summed E-state index contributed by atoms with van der Waals surface area (Å²) >= 11 is 0. The van der Waals surface area contributed by atoms with Gasteiger partial charge in [-0.3, -0.25) is 9.59 Å². The zero-order valence-corrected chi connectivity index (χ0v) is 13.6. The lowest BCUT2D eigenvalue weighted by Gasteiger charge is -2.32. The lowest BCUT2D eigenvalue weighted by molar-refractivity contribution is -0.166. The molecule has 1 aliphatic rings. The Kier molecular flexibility index (Phi) is 5.84. The van der Waals surface area contributed by atoms with Gasteiger partial charge in [-0.2, -0.15) is 0 Å². The highest BCUT2D eigenvalue weighted by molar-refractivity contribution is 5.95. The summed E-state index contributed by atoms with van der Waals surface area (Å²) in [6, 6.07) is 7.29. The van der Waals surface area contributed by atoms with E-state index in [9.17, 15) is 9.59 Å². The number of ether oxygens (including phenoxy) is 4. The van der Waals surface area contributed by atoms with Crippen LogP contribution in [0.5, 0.6) is 11.5 Å². The van der Waals surface area contributed by atoms with Crippen LogP contribution in [0.3, 0.4) is 0 Å². The van der Waals surface area contributed by atoms with Crippen molar-refractivity contribution < 1.29 is 28.5 Å². The van der Waals surface area contributed by atoms with Gasteiger partial charge in [0.15, 0.2) is 17.4 Å². The van der Waals surface area contributed by atoms with Crippen LogP contribution in [0.2, 0.25) is 0 Å². The summed E-state index contributed by atoms with van der Waals surface area (Å²) in [5.41, 5.74) is 0. The SMILES string of the molecule is CCOC(=O)C(C(=O)OCC)C(C)C1COc2ccccc2O1. The molecular formula is C17H22O6. The molecule has 0 bridgehead atoms. The molecule has 6 nitrogen and oxygen atoms in total. The first kappa shape index (κ1) is 17.1. The van der Waals surface area contributed by atoms with Crippen LogP contribution in [0.4, 0.5) is 0 Å². The van der Waals surface area contributed by atoms with E-state index in [1.165, 1.54) is 0 Å². The van der Waals surface area contributed by atoms with Crippen LogP contribution in [0, 0.1) is 11.8 Å². The number of benzene rings is 1. The summed E-state index contributed by atoms with van der Waals surface area (Å²) in [5.74, 6) is -1.42. The van der Waals surface area contributed by atoms with Gasteiger partial charge in [0.05, 0.1) is 13.2 Å². The third-order valence-corrected chi connectivity index (χ3v) is 3.72. The fraction of sp³-hybridized carbons (Fsp3) is 0.529. The highest BCUT2D eigenvalue weighted by Crippen LogP contribution is 2.34. The highest BCUT2D eigenvalue weighted by Gasteiger charge is 2.41. The first-order valence-corrected chi connectivity index (χ1v) is 7.80. The molecule has 0 N–H and O–H groups in total. The van der Waals surface area contributed by atoms with Gasteiger partial charge in [-0.1, -0.05) is 19.1 Å². The van der Waals surface area contributed by atoms with Crippen molar-refractivity contribution in [1.82, 2.24) is 0 Å². The van der Waals surface area contributed by atoms with E-state index in [-0.39, 0.29) is 19.8 Å². The Balaban J connectivity index is 2.15. The van der Waals surface area contributed by atoms with Crippen LogP contribution in [0.15, 0.2) is 24.3 Å². The van der Waals surface area contributed by atoms with Crippen molar-refractivity contribution in [2.45, 2.75) is 26.9 Å². The molecule has 23 heavy (non-hydrogen) atoms. The van der Waals surface area contributed by atoms with E-state index in [1.807, 2.05) is 18.2 Å². The minimum atomic E-state index is -1.03. The second-order valence-corrected chi connectivity index (χ2v) is 5.25. The van der Waals surface area contributed by atoms with Crippen LogP contribution in [-0.4, -0.2) is 37.9 Å². The molecule has 0 spiro atoms. The number of rotatable bonds is 6. The van der Waals surface area contributed by atoms with Crippen molar-refractivity contribution in [2.75, 3.05) is 19.8 Å². The Morgan fingerprint density at radius 2 is 1.70 bits per heavy atom. The molecular weight excluding hydrogens is 300 g/mol. The van der Waals surface area contributed by atoms with E-state index in [2.05, 4.69) is 0 Å². The van der Waals surface area contributed by atoms with Gasteiger partial charge in [0.1, 0.15) is 12.7 Å². The molecule has 126 valence electrons. The van der Waals surface area contributed by atoms with Crippen LogP contribution < -0.4 is 9.47 Å². The number of para-hydroxylation sites is 2. The Labute approximate surface area is 135 Å². The summed E-state index contributed by atoms with van der Waals surface area (Å²) in [5, 5.41) is 0. The molecule has 1 heterocycles. The van der Waals surface area contributed by atoms with Crippen LogP contribution in [0.25, 0.3) is 0 Å². The lowest BCUT2D eigenvalue weighted by atomic mass is 9.89. The average Bonchev–Trinajstić information content (AvgIpc) is 2.55. The van der Waals surface area contributed by atoms with E-state index < -0.39 is 29.9 Å². The molecule has 1 aliphatic heterocycles. The summed E-state index contributed by atoms with van der Waals surface area (Å²) in [6.07, 6.45) is -0.441. The number of carbonyl (C=O) groups is 2. The topological polar surface area (TPSA) is 71.1 Å². The second kappa shape index (κ2) is 7.85. The monoisotopic (exact) mass is 322 g/mol. The van der Waals surface area contributed by atoms with Crippen molar-refractivity contribution in [3.05, 3.63) is 24.3 Å². The number of esters is 2. The van der Waals surface area contributed by atoms with Crippen molar-refractivity contribution in [3.63, 3.8) is 0 Å². The Morgan fingerprint density at radius 1 is 1.13 bits per heavy atom. The molecule has 0 amide bonds. The van der Waals surface area contributed by atoms with E-state index in [0.717, 1.165) is 0 Å². The third-order valence-electron chi connectivity index (χ3n) is 3.72. The Bertz CT molecular complexity index is 538. The first-order chi connectivity index (χ1) is 11.1. The molecule has 0 fully saturated rings. The fourth-order valence-electron chi connectivity index (χ4n) is 2.50. The molecule has 0 saturated carbocycles. The number of fused-ring (bicyclic) bond motifs is 1. The highest BCUT2D eigenvalue weighted by atomic mass is 16.6. The molecule has 1 aromatic rings. The molecule has 2 atom stereocenters. The minimum Gasteiger partial charge on any atom is -0.486 e. The van der Waals surface area contributed by atoms with Crippen LogP contribution in [-0.2, 0) is 19.1 Å². The van der Waals surface area contributed by atoms with E-state index in [1.54, 1.807) is 26.8 Å². The zero-order chi connectivity index (χ0) is 16.8. The maximum atomic E-state index is 12.2. The lowest BCUT2D eigenvalue weighted by Crippen LogP contribution is -2.44. The van der Waals surface area contributed by atoms with Crippen LogP contribution >= 0.6 is 0 Å². The number of carbonyl (C=O) groups excluding carboxylic acids is 2. The molecule has 0 aliphatic carbocycles. The molecule has 0 radical (unpaired) electrons. The maximum absolute atomic E-state index is 12.2.